The number of carboxylic acid groups (broad SMARTS) is 1. The minimum Gasteiger partial charge on any atom is -0.481 e. The van der Waals surface area contributed by atoms with Crippen LogP contribution in [0.5, 0.6) is 0 Å². The van der Waals surface area contributed by atoms with Gasteiger partial charge in [0.2, 0.25) is 0 Å². The number of aliphatic hydroxyl groups excluding tert-OH is 1. The molecule has 0 radical (unpaired) electrons. The summed E-state index contributed by atoms with van der Waals surface area (Å²) in [6.45, 7) is 14.1. The Morgan fingerprint density at radius 2 is 1.20 bits per heavy atom. The zero-order valence-electron chi connectivity index (χ0n) is 16.7. The molecule has 0 amide bonds. The zero-order valence-corrected chi connectivity index (χ0v) is 16.7. The first-order valence-corrected chi connectivity index (χ1v) is 8.37. The lowest BCUT2D eigenvalue weighted by Gasteiger charge is -2.21. The Morgan fingerprint density at radius 3 is 1.48 bits per heavy atom. The number of hydrogen-bond donors (Lipinski definition) is 2. The maximum atomic E-state index is 11.2. The molecule has 0 saturated carbocycles. The van der Waals surface area contributed by atoms with Crippen molar-refractivity contribution in [3.8, 4) is 0 Å². The largest absolute Gasteiger partial charge is 0.481 e. The van der Waals surface area contributed by atoms with Crippen molar-refractivity contribution >= 4 is 17.9 Å². The van der Waals surface area contributed by atoms with Crippen molar-refractivity contribution in [1.82, 2.24) is 0 Å². The van der Waals surface area contributed by atoms with Gasteiger partial charge in [-0.3, -0.25) is 14.4 Å². The molecule has 0 aromatic carbocycles. The molecule has 2 atom stereocenters. The molecule has 0 heterocycles. The van der Waals surface area contributed by atoms with Gasteiger partial charge in [0.15, 0.2) is 0 Å². The highest BCUT2D eigenvalue weighted by molar-refractivity contribution is 5.78. The van der Waals surface area contributed by atoms with E-state index >= 15 is 0 Å². The van der Waals surface area contributed by atoms with E-state index in [0.717, 1.165) is 0 Å². The number of aliphatic carboxylic acids is 1. The molecule has 148 valence electrons. The first-order chi connectivity index (χ1) is 11.1. The Morgan fingerprint density at radius 1 is 0.840 bits per heavy atom. The van der Waals surface area contributed by atoms with E-state index < -0.39 is 29.1 Å². The average molecular weight is 362 g/mol. The quantitative estimate of drug-likeness (QED) is 0.699. The zero-order chi connectivity index (χ0) is 20.4. The lowest BCUT2D eigenvalue weighted by Crippen LogP contribution is -2.28. The SMILES string of the molecule is C[C@@H](CC(=O)O)C(=O)OC(C)(C)C.C[C@@H](CCO)C(=O)OC(C)(C)C. The van der Waals surface area contributed by atoms with E-state index in [1.165, 1.54) is 0 Å². The Kier molecular flexibility index (Phi) is 11.3. The normalized spacial score (nSPS) is 13.8. The summed E-state index contributed by atoms with van der Waals surface area (Å²) < 4.78 is 10.1. The van der Waals surface area contributed by atoms with E-state index in [1.54, 1.807) is 34.6 Å². The lowest BCUT2D eigenvalue weighted by molar-refractivity contribution is -0.162. The molecule has 0 unspecified atom stereocenters. The standard InChI is InChI=1S/C9H16O4.C9H18O3/c1-6(5-7(10)11)8(12)13-9(2,3)4;1-7(5-6-10)8(11)12-9(2,3)4/h6H,5H2,1-4H3,(H,10,11);7,10H,5-6H2,1-4H3/t6-;7-/m00/s1. The average Bonchev–Trinajstić information content (AvgIpc) is 2.34. The number of carboxylic acids is 1. The third-order valence-electron chi connectivity index (χ3n) is 2.66. The molecular formula is C18H34O7. The fraction of sp³-hybridized carbons (Fsp3) is 0.833. The van der Waals surface area contributed by atoms with Crippen LogP contribution < -0.4 is 0 Å². The third kappa shape index (κ3) is 17.0. The summed E-state index contributed by atoms with van der Waals surface area (Å²) in [5.41, 5.74) is -0.982. The van der Waals surface area contributed by atoms with Crippen LogP contribution in [0.2, 0.25) is 0 Å². The van der Waals surface area contributed by atoms with E-state index in [1.807, 2.05) is 20.8 Å². The molecule has 0 aromatic rings. The van der Waals surface area contributed by atoms with Gasteiger partial charge in [-0.15, -0.1) is 0 Å². The molecule has 0 bridgehead atoms. The van der Waals surface area contributed by atoms with Crippen LogP contribution in [0, 0.1) is 11.8 Å². The highest BCUT2D eigenvalue weighted by atomic mass is 16.6. The third-order valence-corrected chi connectivity index (χ3v) is 2.66. The van der Waals surface area contributed by atoms with Crippen LogP contribution in [-0.4, -0.2) is 45.9 Å². The number of ether oxygens (including phenoxy) is 2. The second-order valence-electron chi connectivity index (χ2n) is 7.98. The fourth-order valence-corrected chi connectivity index (χ4v) is 1.46. The number of rotatable bonds is 6. The van der Waals surface area contributed by atoms with Crippen LogP contribution in [0.1, 0.15) is 68.2 Å². The summed E-state index contributed by atoms with van der Waals surface area (Å²) in [4.78, 5) is 32.7. The maximum absolute atomic E-state index is 11.2. The number of hydrogen-bond acceptors (Lipinski definition) is 6. The number of aliphatic hydroxyl groups is 1. The molecule has 7 nitrogen and oxygen atoms in total. The Labute approximate surface area is 150 Å². The van der Waals surface area contributed by atoms with Crippen molar-refractivity contribution in [3.05, 3.63) is 0 Å². The number of carbonyl (C=O) groups is 3. The van der Waals surface area contributed by atoms with Crippen LogP contribution in [0.4, 0.5) is 0 Å². The van der Waals surface area contributed by atoms with Gasteiger partial charge in [-0.2, -0.15) is 0 Å². The summed E-state index contributed by atoms with van der Waals surface area (Å²) in [6, 6.07) is 0. The summed E-state index contributed by atoms with van der Waals surface area (Å²) in [6.07, 6.45) is 0.282. The second-order valence-corrected chi connectivity index (χ2v) is 7.98. The van der Waals surface area contributed by atoms with E-state index in [-0.39, 0.29) is 24.9 Å². The summed E-state index contributed by atoms with van der Waals surface area (Å²) >= 11 is 0. The van der Waals surface area contributed by atoms with Crippen molar-refractivity contribution in [2.45, 2.75) is 79.4 Å². The maximum Gasteiger partial charge on any atom is 0.309 e. The first kappa shape index (κ1) is 25.6. The molecule has 25 heavy (non-hydrogen) atoms. The van der Waals surface area contributed by atoms with Crippen LogP contribution in [0.15, 0.2) is 0 Å². The van der Waals surface area contributed by atoms with Gasteiger partial charge in [0, 0.05) is 6.61 Å². The van der Waals surface area contributed by atoms with Crippen LogP contribution in [-0.2, 0) is 23.9 Å². The molecular weight excluding hydrogens is 328 g/mol. The topological polar surface area (TPSA) is 110 Å². The van der Waals surface area contributed by atoms with Gasteiger partial charge in [-0.25, -0.2) is 0 Å². The van der Waals surface area contributed by atoms with E-state index in [0.29, 0.717) is 6.42 Å². The van der Waals surface area contributed by atoms with Gasteiger partial charge < -0.3 is 19.7 Å². The number of esters is 2. The van der Waals surface area contributed by atoms with Gasteiger partial charge in [0.1, 0.15) is 11.2 Å². The fourth-order valence-electron chi connectivity index (χ4n) is 1.46. The molecule has 0 aliphatic heterocycles. The predicted octanol–water partition coefficient (Wildman–Crippen LogP) is 2.79. The second kappa shape index (κ2) is 11.1. The van der Waals surface area contributed by atoms with E-state index in [9.17, 15) is 14.4 Å². The van der Waals surface area contributed by atoms with Crippen LogP contribution >= 0.6 is 0 Å². The lowest BCUT2D eigenvalue weighted by atomic mass is 10.1. The van der Waals surface area contributed by atoms with Crippen molar-refractivity contribution in [1.29, 1.82) is 0 Å². The van der Waals surface area contributed by atoms with E-state index in [2.05, 4.69) is 0 Å². The smallest absolute Gasteiger partial charge is 0.309 e. The Balaban J connectivity index is 0. The molecule has 0 rings (SSSR count). The van der Waals surface area contributed by atoms with Gasteiger partial charge in [-0.1, -0.05) is 13.8 Å². The van der Waals surface area contributed by atoms with E-state index in [4.69, 9.17) is 19.7 Å². The van der Waals surface area contributed by atoms with Gasteiger partial charge in [0.25, 0.3) is 0 Å². The summed E-state index contributed by atoms with van der Waals surface area (Å²) in [7, 11) is 0. The van der Waals surface area contributed by atoms with Crippen LogP contribution in [0.25, 0.3) is 0 Å². The molecule has 2 N–H and O–H groups in total. The molecule has 0 aliphatic carbocycles. The van der Waals surface area contributed by atoms with Gasteiger partial charge >= 0.3 is 17.9 Å². The Bertz CT molecular complexity index is 430. The predicted molar refractivity (Wildman–Crippen MR) is 94.0 cm³/mol. The number of carbonyl (C=O) groups excluding carboxylic acids is 2. The van der Waals surface area contributed by atoms with Crippen molar-refractivity contribution < 1.29 is 34.1 Å². The van der Waals surface area contributed by atoms with Crippen molar-refractivity contribution in [2.24, 2.45) is 11.8 Å². The molecule has 0 spiro atoms. The first-order valence-electron chi connectivity index (χ1n) is 8.37. The summed E-state index contributed by atoms with van der Waals surface area (Å²) in [5, 5.41) is 17.0. The molecule has 0 aromatic heterocycles. The molecule has 0 aliphatic rings. The molecule has 0 fully saturated rings. The van der Waals surface area contributed by atoms with Gasteiger partial charge in [0.05, 0.1) is 18.3 Å². The molecule has 7 heteroatoms. The summed E-state index contributed by atoms with van der Waals surface area (Å²) in [5.74, 6) is -2.49. The molecule has 0 saturated heterocycles. The van der Waals surface area contributed by atoms with Crippen molar-refractivity contribution in [3.63, 3.8) is 0 Å². The Hall–Kier alpha value is -1.63. The minimum atomic E-state index is -0.988. The van der Waals surface area contributed by atoms with Crippen molar-refractivity contribution in [2.75, 3.05) is 6.61 Å². The highest BCUT2D eigenvalue weighted by Gasteiger charge is 2.23. The van der Waals surface area contributed by atoms with Gasteiger partial charge in [-0.05, 0) is 48.0 Å². The highest BCUT2D eigenvalue weighted by Crippen LogP contribution is 2.13. The monoisotopic (exact) mass is 362 g/mol. The minimum absolute atomic E-state index is 0.0282. The van der Waals surface area contributed by atoms with Crippen LogP contribution in [0.3, 0.4) is 0 Å².